The second-order valence-electron chi connectivity index (χ2n) is 7.06. The summed E-state index contributed by atoms with van der Waals surface area (Å²) in [4.78, 5) is 12.7. The molecule has 1 amide bonds. The van der Waals surface area contributed by atoms with Gasteiger partial charge in [0, 0.05) is 24.2 Å². The maximum Gasteiger partial charge on any atom is 0.272 e. The topological polar surface area (TPSA) is 56.1 Å². The molecule has 2 aliphatic carbocycles. The normalized spacial score (nSPS) is 26.4. The molecule has 2 fully saturated rings. The lowest BCUT2D eigenvalue weighted by molar-refractivity contribution is 0.0923. The SMILES string of the molecule is O=C(N[C@@H]1CCOC1)c1nn(-c2ccc(F)cc2F)c2c1C[C@H]1C[C@@H]21. The van der Waals surface area contributed by atoms with Crippen molar-refractivity contribution in [2.75, 3.05) is 13.2 Å². The van der Waals surface area contributed by atoms with Crippen molar-refractivity contribution >= 4 is 5.91 Å². The molecular weight excluding hydrogens is 328 g/mol. The molecule has 1 N–H and O–H groups in total. The van der Waals surface area contributed by atoms with Gasteiger partial charge in [0.25, 0.3) is 5.91 Å². The molecule has 0 radical (unpaired) electrons. The van der Waals surface area contributed by atoms with Gasteiger partial charge in [0.2, 0.25) is 0 Å². The van der Waals surface area contributed by atoms with E-state index in [0.29, 0.717) is 30.7 Å². The molecule has 1 aromatic carbocycles. The first kappa shape index (κ1) is 15.0. The first-order chi connectivity index (χ1) is 12.1. The van der Waals surface area contributed by atoms with Crippen molar-refractivity contribution in [2.24, 2.45) is 5.92 Å². The Morgan fingerprint density at radius 1 is 1.36 bits per heavy atom. The Morgan fingerprint density at radius 2 is 2.24 bits per heavy atom. The Morgan fingerprint density at radius 3 is 3.00 bits per heavy atom. The molecule has 1 saturated heterocycles. The quantitative estimate of drug-likeness (QED) is 0.929. The van der Waals surface area contributed by atoms with E-state index in [9.17, 15) is 13.6 Å². The number of nitrogens with zero attached hydrogens (tertiary/aromatic N) is 2. The van der Waals surface area contributed by atoms with E-state index < -0.39 is 11.6 Å². The molecule has 0 unspecified atom stereocenters. The van der Waals surface area contributed by atoms with E-state index in [-0.39, 0.29) is 17.6 Å². The lowest BCUT2D eigenvalue weighted by Gasteiger charge is -2.09. The maximum atomic E-state index is 14.3. The van der Waals surface area contributed by atoms with Gasteiger partial charge in [-0.15, -0.1) is 0 Å². The molecule has 1 aromatic heterocycles. The van der Waals surface area contributed by atoms with Gasteiger partial charge in [-0.3, -0.25) is 4.79 Å². The second-order valence-corrected chi connectivity index (χ2v) is 7.06. The van der Waals surface area contributed by atoms with Gasteiger partial charge in [-0.1, -0.05) is 0 Å². The van der Waals surface area contributed by atoms with E-state index in [2.05, 4.69) is 10.4 Å². The second kappa shape index (κ2) is 5.36. The molecule has 7 heteroatoms. The van der Waals surface area contributed by atoms with Gasteiger partial charge in [-0.2, -0.15) is 5.10 Å². The lowest BCUT2D eigenvalue weighted by Crippen LogP contribution is -2.35. The van der Waals surface area contributed by atoms with Crippen LogP contribution in [0.15, 0.2) is 18.2 Å². The highest BCUT2D eigenvalue weighted by molar-refractivity contribution is 5.94. The van der Waals surface area contributed by atoms with Gasteiger partial charge >= 0.3 is 0 Å². The van der Waals surface area contributed by atoms with E-state index in [1.54, 1.807) is 0 Å². The minimum Gasteiger partial charge on any atom is -0.379 e. The number of rotatable bonds is 3. The molecule has 0 spiro atoms. The molecule has 2 heterocycles. The zero-order chi connectivity index (χ0) is 17.1. The molecule has 0 bridgehead atoms. The van der Waals surface area contributed by atoms with E-state index in [1.807, 2.05) is 0 Å². The third-order valence-electron chi connectivity index (χ3n) is 5.38. The number of aromatic nitrogens is 2. The number of hydrogen-bond acceptors (Lipinski definition) is 3. The number of fused-ring (bicyclic) bond motifs is 3. The number of halogens is 2. The largest absolute Gasteiger partial charge is 0.379 e. The Kier molecular flexibility index (Phi) is 3.22. The summed E-state index contributed by atoms with van der Waals surface area (Å²) in [6.45, 7) is 1.15. The molecule has 5 rings (SSSR count). The highest BCUT2D eigenvalue weighted by atomic mass is 19.1. The summed E-state index contributed by atoms with van der Waals surface area (Å²) in [5.74, 6) is -0.708. The predicted molar refractivity (Wildman–Crippen MR) is 84.7 cm³/mol. The van der Waals surface area contributed by atoms with Gasteiger partial charge in [-0.05, 0) is 37.3 Å². The van der Waals surface area contributed by atoms with Crippen LogP contribution in [0.25, 0.3) is 5.69 Å². The fourth-order valence-electron chi connectivity index (χ4n) is 4.04. The van der Waals surface area contributed by atoms with Crippen LogP contribution in [-0.4, -0.2) is 34.9 Å². The van der Waals surface area contributed by atoms with Crippen molar-refractivity contribution in [1.82, 2.24) is 15.1 Å². The number of amides is 1. The first-order valence-electron chi connectivity index (χ1n) is 8.57. The standard InChI is InChI=1S/C18H17F2N3O2/c19-10-1-2-15(14(20)7-10)23-17-12-5-9(12)6-13(17)16(22-23)18(24)21-11-3-4-25-8-11/h1-2,7,9,11-12H,3-6,8H2,(H,21,24)/t9-,11-,12-/m1/s1. The highest BCUT2D eigenvalue weighted by Crippen LogP contribution is 2.57. The van der Waals surface area contributed by atoms with Crippen LogP contribution in [0.5, 0.6) is 0 Å². The molecular formula is C18H17F2N3O2. The summed E-state index contributed by atoms with van der Waals surface area (Å²) < 4.78 is 34.3. The van der Waals surface area contributed by atoms with Crippen LogP contribution in [-0.2, 0) is 11.2 Å². The Hall–Kier alpha value is -2.28. The van der Waals surface area contributed by atoms with Crippen molar-refractivity contribution in [3.05, 3.63) is 46.8 Å². The Bertz CT molecular complexity index is 873. The number of hydrogen-bond donors (Lipinski definition) is 1. The minimum absolute atomic E-state index is 0.00760. The fraction of sp³-hybridized carbons (Fsp3) is 0.444. The zero-order valence-corrected chi connectivity index (χ0v) is 13.5. The predicted octanol–water partition coefficient (Wildman–Crippen LogP) is 2.33. The average molecular weight is 345 g/mol. The van der Waals surface area contributed by atoms with Gasteiger partial charge in [0.05, 0.1) is 18.3 Å². The Balaban J connectivity index is 1.55. The molecule has 3 atom stereocenters. The molecule has 3 aliphatic rings. The highest BCUT2D eigenvalue weighted by Gasteiger charge is 2.50. The summed E-state index contributed by atoms with van der Waals surface area (Å²) in [6, 6.07) is 3.42. The first-order valence-corrected chi connectivity index (χ1v) is 8.57. The minimum atomic E-state index is -0.675. The van der Waals surface area contributed by atoms with Gasteiger partial charge < -0.3 is 10.1 Å². The van der Waals surface area contributed by atoms with Crippen molar-refractivity contribution in [1.29, 1.82) is 0 Å². The van der Waals surface area contributed by atoms with Gasteiger partial charge in [0.1, 0.15) is 11.5 Å². The molecule has 25 heavy (non-hydrogen) atoms. The third kappa shape index (κ3) is 2.37. The monoisotopic (exact) mass is 345 g/mol. The number of carbonyl (C=O) groups is 1. The Labute approximate surface area is 143 Å². The zero-order valence-electron chi connectivity index (χ0n) is 13.5. The number of carbonyl (C=O) groups excluding carboxylic acids is 1. The van der Waals surface area contributed by atoms with Crippen LogP contribution in [0, 0.1) is 17.6 Å². The van der Waals surface area contributed by atoms with Crippen molar-refractivity contribution in [3.63, 3.8) is 0 Å². The third-order valence-corrected chi connectivity index (χ3v) is 5.38. The van der Waals surface area contributed by atoms with Crippen LogP contribution in [0.2, 0.25) is 0 Å². The van der Waals surface area contributed by atoms with Gasteiger partial charge in [0.15, 0.2) is 11.5 Å². The van der Waals surface area contributed by atoms with E-state index >= 15 is 0 Å². The van der Waals surface area contributed by atoms with Crippen LogP contribution in [0.4, 0.5) is 8.78 Å². The van der Waals surface area contributed by atoms with E-state index in [1.165, 1.54) is 16.8 Å². The van der Waals surface area contributed by atoms with Gasteiger partial charge in [-0.25, -0.2) is 13.5 Å². The number of nitrogens with one attached hydrogen (secondary N) is 1. The summed E-state index contributed by atoms with van der Waals surface area (Å²) >= 11 is 0. The summed E-state index contributed by atoms with van der Waals surface area (Å²) in [5.41, 5.74) is 2.36. The van der Waals surface area contributed by atoms with Crippen LogP contribution in [0.3, 0.4) is 0 Å². The van der Waals surface area contributed by atoms with Crippen molar-refractivity contribution in [2.45, 2.75) is 31.2 Å². The molecule has 5 nitrogen and oxygen atoms in total. The number of benzene rings is 1. The smallest absolute Gasteiger partial charge is 0.272 e. The number of ether oxygens (including phenoxy) is 1. The van der Waals surface area contributed by atoms with Crippen molar-refractivity contribution < 1.29 is 18.3 Å². The molecule has 1 aliphatic heterocycles. The van der Waals surface area contributed by atoms with Crippen molar-refractivity contribution in [3.8, 4) is 5.69 Å². The van der Waals surface area contributed by atoms with E-state index in [4.69, 9.17) is 4.74 Å². The van der Waals surface area contributed by atoms with Crippen LogP contribution >= 0.6 is 0 Å². The average Bonchev–Trinajstić information content (AvgIpc) is 2.93. The lowest BCUT2D eigenvalue weighted by atomic mass is 10.1. The summed E-state index contributed by atoms with van der Waals surface area (Å²) in [6.07, 6.45) is 2.62. The van der Waals surface area contributed by atoms with Crippen LogP contribution in [0.1, 0.15) is 40.5 Å². The maximum absolute atomic E-state index is 14.3. The summed E-state index contributed by atoms with van der Waals surface area (Å²) in [7, 11) is 0. The molecule has 130 valence electrons. The molecule has 2 aromatic rings. The van der Waals surface area contributed by atoms with E-state index in [0.717, 1.165) is 36.6 Å². The molecule has 1 saturated carbocycles. The fourth-order valence-corrected chi connectivity index (χ4v) is 4.04. The van der Waals surface area contributed by atoms with Crippen LogP contribution < -0.4 is 5.32 Å². The summed E-state index contributed by atoms with van der Waals surface area (Å²) in [5, 5.41) is 7.36.